The number of halogens is 2. The molecule has 6 heteroatoms. The molecule has 0 aromatic carbocycles. The van der Waals surface area contributed by atoms with Gasteiger partial charge in [0.25, 0.3) is 5.91 Å². The molecule has 18 heavy (non-hydrogen) atoms. The average Bonchev–Trinajstić information content (AvgIpc) is 2.31. The number of hydrogen-bond acceptors (Lipinski definition) is 3. The van der Waals surface area contributed by atoms with Crippen LogP contribution >= 0.6 is 23.2 Å². The predicted molar refractivity (Wildman–Crippen MR) is 71.0 cm³/mol. The van der Waals surface area contributed by atoms with Crippen molar-refractivity contribution in [1.29, 1.82) is 0 Å². The van der Waals surface area contributed by atoms with E-state index in [1.54, 1.807) is 4.90 Å². The summed E-state index contributed by atoms with van der Waals surface area (Å²) in [5.74, 6) is -0.118. The second-order valence-corrected chi connectivity index (χ2v) is 6.07. The summed E-state index contributed by atoms with van der Waals surface area (Å²) < 4.78 is 0. The van der Waals surface area contributed by atoms with E-state index >= 15 is 0 Å². The lowest BCUT2D eigenvalue weighted by Crippen LogP contribution is -2.41. The van der Waals surface area contributed by atoms with Crippen molar-refractivity contribution in [3.8, 4) is 0 Å². The molecule has 0 spiro atoms. The Morgan fingerprint density at radius 1 is 1.28 bits per heavy atom. The molecule has 0 radical (unpaired) electrons. The average molecular weight is 288 g/mol. The number of amides is 1. The van der Waals surface area contributed by atoms with Crippen LogP contribution in [0.4, 0.5) is 0 Å². The Hall–Kier alpha value is -0.870. The van der Waals surface area contributed by atoms with Crippen LogP contribution in [0.2, 0.25) is 10.3 Å². The number of aromatic nitrogens is 2. The minimum absolute atomic E-state index is 0.106. The van der Waals surface area contributed by atoms with Crippen LogP contribution in [-0.2, 0) is 0 Å². The van der Waals surface area contributed by atoms with Gasteiger partial charge in [-0.2, -0.15) is 0 Å². The lowest BCUT2D eigenvalue weighted by Gasteiger charge is -2.36. The van der Waals surface area contributed by atoms with Crippen LogP contribution in [0.5, 0.6) is 0 Å². The molecule has 1 aliphatic heterocycles. The van der Waals surface area contributed by atoms with Gasteiger partial charge in [-0.05, 0) is 24.3 Å². The first-order valence-electron chi connectivity index (χ1n) is 5.87. The monoisotopic (exact) mass is 287 g/mol. The highest BCUT2D eigenvalue weighted by molar-refractivity contribution is 6.34. The van der Waals surface area contributed by atoms with Gasteiger partial charge < -0.3 is 4.90 Å². The highest BCUT2D eigenvalue weighted by atomic mass is 35.5. The lowest BCUT2D eigenvalue weighted by molar-refractivity contribution is 0.0630. The fourth-order valence-electron chi connectivity index (χ4n) is 1.99. The van der Waals surface area contributed by atoms with Crippen LogP contribution in [0.1, 0.15) is 37.0 Å². The molecule has 2 heterocycles. The summed E-state index contributed by atoms with van der Waals surface area (Å²) in [6.45, 7) is 5.91. The molecule has 0 bridgehead atoms. The molecule has 1 amide bonds. The first-order valence-corrected chi connectivity index (χ1v) is 6.63. The molecular formula is C12H15Cl2N3O. The second-order valence-electron chi connectivity index (χ2n) is 5.33. The smallest absolute Gasteiger partial charge is 0.257 e. The van der Waals surface area contributed by atoms with E-state index in [0.29, 0.717) is 11.0 Å². The first kappa shape index (κ1) is 13.6. The molecule has 0 aliphatic carbocycles. The number of likely N-dealkylation sites (tertiary alicyclic amines) is 1. The number of carbonyl (C=O) groups excluding carboxylic acids is 1. The summed E-state index contributed by atoms with van der Waals surface area (Å²) in [6.07, 6.45) is 1.98. The maximum atomic E-state index is 12.3. The molecule has 0 unspecified atom stereocenters. The van der Waals surface area contributed by atoms with Crippen molar-refractivity contribution < 1.29 is 4.79 Å². The summed E-state index contributed by atoms with van der Waals surface area (Å²) in [7, 11) is 0. The Kier molecular flexibility index (Phi) is 3.78. The fourth-order valence-corrected chi connectivity index (χ4v) is 2.31. The normalized spacial score (nSPS) is 18.8. The van der Waals surface area contributed by atoms with E-state index in [1.165, 1.54) is 6.07 Å². The van der Waals surface area contributed by atoms with Gasteiger partial charge in [0.2, 0.25) is 0 Å². The molecule has 0 saturated carbocycles. The summed E-state index contributed by atoms with van der Waals surface area (Å²) in [5, 5.41) is 7.55. The number of hydrogen-bond donors (Lipinski definition) is 0. The SMILES string of the molecule is CC1(C)CCN(C(=O)c2cc(Cl)nnc2Cl)CC1. The van der Waals surface area contributed by atoms with Gasteiger partial charge in [0.1, 0.15) is 0 Å². The zero-order valence-electron chi connectivity index (χ0n) is 10.4. The van der Waals surface area contributed by atoms with Gasteiger partial charge in [-0.1, -0.05) is 37.0 Å². The van der Waals surface area contributed by atoms with Crippen LogP contribution in [0.15, 0.2) is 6.07 Å². The number of nitrogens with zero attached hydrogens (tertiary/aromatic N) is 3. The third kappa shape index (κ3) is 2.93. The summed E-state index contributed by atoms with van der Waals surface area (Å²) in [5.41, 5.74) is 0.630. The Bertz CT molecular complexity index is 466. The lowest BCUT2D eigenvalue weighted by atomic mass is 9.82. The summed E-state index contributed by atoms with van der Waals surface area (Å²) in [4.78, 5) is 14.1. The van der Waals surface area contributed by atoms with Crippen LogP contribution in [0.25, 0.3) is 0 Å². The Labute approximate surface area is 116 Å². The molecule has 0 N–H and O–H groups in total. The van der Waals surface area contributed by atoms with Crippen molar-refractivity contribution in [3.05, 3.63) is 21.9 Å². The van der Waals surface area contributed by atoms with Gasteiger partial charge >= 0.3 is 0 Å². The van der Waals surface area contributed by atoms with Crippen molar-refractivity contribution in [2.24, 2.45) is 5.41 Å². The molecule has 98 valence electrons. The van der Waals surface area contributed by atoms with E-state index in [9.17, 15) is 4.79 Å². The van der Waals surface area contributed by atoms with Crippen LogP contribution < -0.4 is 0 Å². The molecule has 1 aliphatic rings. The van der Waals surface area contributed by atoms with E-state index in [-0.39, 0.29) is 16.2 Å². The maximum Gasteiger partial charge on any atom is 0.257 e. The molecular weight excluding hydrogens is 273 g/mol. The molecule has 0 atom stereocenters. The highest BCUT2D eigenvalue weighted by Gasteiger charge is 2.29. The molecule has 1 aromatic rings. The van der Waals surface area contributed by atoms with Crippen molar-refractivity contribution >= 4 is 29.1 Å². The summed E-state index contributed by atoms with van der Waals surface area (Å²) >= 11 is 11.6. The van der Waals surface area contributed by atoms with Crippen molar-refractivity contribution in [2.45, 2.75) is 26.7 Å². The highest BCUT2D eigenvalue weighted by Crippen LogP contribution is 2.30. The van der Waals surface area contributed by atoms with E-state index < -0.39 is 0 Å². The third-order valence-electron chi connectivity index (χ3n) is 3.35. The minimum atomic E-state index is -0.118. The molecule has 1 fully saturated rings. The molecule has 1 aromatic heterocycles. The summed E-state index contributed by atoms with van der Waals surface area (Å²) in [6, 6.07) is 1.47. The quantitative estimate of drug-likeness (QED) is 0.798. The number of rotatable bonds is 1. The van der Waals surface area contributed by atoms with Gasteiger partial charge in [0.05, 0.1) is 5.56 Å². The molecule has 4 nitrogen and oxygen atoms in total. The van der Waals surface area contributed by atoms with Crippen LogP contribution in [0, 0.1) is 5.41 Å². The van der Waals surface area contributed by atoms with Crippen molar-refractivity contribution in [2.75, 3.05) is 13.1 Å². The predicted octanol–water partition coefficient (Wildman–Crippen LogP) is 3.05. The van der Waals surface area contributed by atoms with Crippen molar-refractivity contribution in [1.82, 2.24) is 15.1 Å². The van der Waals surface area contributed by atoms with Gasteiger partial charge in [-0.25, -0.2) is 0 Å². The minimum Gasteiger partial charge on any atom is -0.339 e. The topological polar surface area (TPSA) is 46.1 Å². The van der Waals surface area contributed by atoms with E-state index in [4.69, 9.17) is 23.2 Å². The van der Waals surface area contributed by atoms with Gasteiger partial charge in [-0.15, -0.1) is 10.2 Å². The van der Waals surface area contributed by atoms with Crippen molar-refractivity contribution in [3.63, 3.8) is 0 Å². The van der Waals surface area contributed by atoms with E-state index in [1.807, 2.05) is 0 Å². The van der Waals surface area contributed by atoms with E-state index in [2.05, 4.69) is 24.0 Å². The van der Waals surface area contributed by atoms with E-state index in [0.717, 1.165) is 25.9 Å². The zero-order valence-corrected chi connectivity index (χ0v) is 11.9. The zero-order chi connectivity index (χ0) is 13.3. The van der Waals surface area contributed by atoms with Gasteiger partial charge in [0, 0.05) is 13.1 Å². The fraction of sp³-hybridized carbons (Fsp3) is 0.583. The first-order chi connectivity index (χ1) is 8.39. The van der Waals surface area contributed by atoms with Gasteiger partial charge in [0.15, 0.2) is 10.3 Å². The largest absolute Gasteiger partial charge is 0.339 e. The number of carbonyl (C=O) groups is 1. The standard InChI is InChI=1S/C12H15Cl2N3O/c1-12(2)3-5-17(6-4-12)11(18)8-7-9(13)15-16-10(8)14/h7H,3-6H2,1-2H3. The van der Waals surface area contributed by atoms with Gasteiger partial charge in [-0.3, -0.25) is 4.79 Å². The van der Waals surface area contributed by atoms with Crippen LogP contribution in [-0.4, -0.2) is 34.1 Å². The molecule has 2 rings (SSSR count). The Balaban J connectivity index is 2.15. The third-order valence-corrected chi connectivity index (χ3v) is 3.82. The second kappa shape index (κ2) is 5.02. The van der Waals surface area contributed by atoms with Crippen LogP contribution in [0.3, 0.4) is 0 Å². The Morgan fingerprint density at radius 3 is 2.50 bits per heavy atom. The Morgan fingerprint density at radius 2 is 1.89 bits per heavy atom. The maximum absolute atomic E-state index is 12.3. The number of piperidine rings is 1. The molecule has 1 saturated heterocycles.